The summed E-state index contributed by atoms with van der Waals surface area (Å²) in [7, 11) is 0. The van der Waals surface area contributed by atoms with Crippen molar-refractivity contribution in [2.75, 3.05) is 11.5 Å². The average molecular weight is 411 g/mol. The molecule has 4 aromatic carbocycles. The maximum absolute atomic E-state index is 5.99. The van der Waals surface area contributed by atoms with Crippen molar-refractivity contribution in [1.82, 2.24) is 0 Å². The molecule has 156 valence electrons. The molecule has 0 amide bonds. The van der Waals surface area contributed by atoms with Gasteiger partial charge in [0.05, 0.1) is 0 Å². The van der Waals surface area contributed by atoms with Crippen LogP contribution in [-0.4, -0.2) is 0 Å². The molecule has 0 aliphatic heterocycles. The molecule has 0 heterocycles. The maximum atomic E-state index is 5.99. The van der Waals surface area contributed by atoms with Gasteiger partial charge in [0.2, 0.25) is 0 Å². The second-order valence-electron chi connectivity index (χ2n) is 7.67. The van der Waals surface area contributed by atoms with Crippen LogP contribution >= 0.6 is 0 Å². The van der Waals surface area contributed by atoms with Crippen LogP contribution in [0.5, 0.6) is 23.0 Å². The van der Waals surface area contributed by atoms with Gasteiger partial charge in [-0.3, -0.25) is 0 Å². The van der Waals surface area contributed by atoms with Crippen molar-refractivity contribution >= 4 is 11.4 Å². The van der Waals surface area contributed by atoms with Crippen molar-refractivity contribution in [2.24, 2.45) is 0 Å². The van der Waals surface area contributed by atoms with Crippen molar-refractivity contribution in [3.63, 3.8) is 0 Å². The summed E-state index contributed by atoms with van der Waals surface area (Å²) in [5.41, 5.74) is 15.5. The molecule has 4 nitrogen and oxygen atoms in total. The van der Waals surface area contributed by atoms with Gasteiger partial charge in [-0.25, -0.2) is 0 Å². The van der Waals surface area contributed by atoms with Crippen molar-refractivity contribution < 1.29 is 9.47 Å². The zero-order valence-electron chi connectivity index (χ0n) is 17.5. The van der Waals surface area contributed by atoms with Crippen LogP contribution in [0.1, 0.15) is 24.0 Å². The summed E-state index contributed by atoms with van der Waals surface area (Å²) in [6, 6.07) is 31.3. The van der Waals surface area contributed by atoms with Gasteiger partial charge in [0.25, 0.3) is 0 Å². The molecule has 0 saturated carbocycles. The number of ether oxygens (including phenoxy) is 2. The Morgan fingerprint density at radius 2 is 1.10 bits per heavy atom. The van der Waals surface area contributed by atoms with Gasteiger partial charge in [0.15, 0.2) is 0 Å². The molecule has 0 bridgehead atoms. The summed E-state index contributed by atoms with van der Waals surface area (Å²) in [5.74, 6) is 3.38. The summed E-state index contributed by atoms with van der Waals surface area (Å²) < 4.78 is 12.0. The van der Waals surface area contributed by atoms with E-state index in [1.165, 1.54) is 11.1 Å². The van der Waals surface area contributed by atoms with E-state index in [-0.39, 0.29) is 0 Å². The van der Waals surface area contributed by atoms with Crippen LogP contribution in [0, 0.1) is 0 Å². The summed E-state index contributed by atoms with van der Waals surface area (Å²) in [6.45, 7) is 2.21. The number of nitrogens with two attached hydrogens (primary N) is 2. The van der Waals surface area contributed by atoms with Crippen LogP contribution < -0.4 is 20.9 Å². The minimum absolute atomic E-state index is 0.312. The molecule has 0 radical (unpaired) electrons. The first kappa shape index (κ1) is 20.4. The highest BCUT2D eigenvalue weighted by molar-refractivity contribution is 5.46. The van der Waals surface area contributed by atoms with E-state index in [2.05, 4.69) is 31.2 Å². The molecule has 0 spiro atoms. The van der Waals surface area contributed by atoms with Crippen molar-refractivity contribution in [1.29, 1.82) is 0 Å². The number of anilines is 2. The fraction of sp³-hybridized carbons (Fsp3) is 0.111. The van der Waals surface area contributed by atoms with Crippen molar-refractivity contribution in [3.8, 4) is 23.0 Å². The molecule has 0 aromatic heterocycles. The fourth-order valence-electron chi connectivity index (χ4n) is 3.52. The normalized spacial score (nSPS) is 11.6. The number of hydrogen-bond donors (Lipinski definition) is 2. The largest absolute Gasteiger partial charge is 0.457 e. The second kappa shape index (κ2) is 9.26. The Kier molecular flexibility index (Phi) is 6.08. The number of rotatable bonds is 7. The van der Waals surface area contributed by atoms with Crippen LogP contribution in [0.3, 0.4) is 0 Å². The molecule has 0 fully saturated rings. The zero-order chi connectivity index (χ0) is 21.6. The van der Waals surface area contributed by atoms with Gasteiger partial charge in [0.1, 0.15) is 23.0 Å². The molecule has 1 atom stereocenters. The van der Waals surface area contributed by atoms with Gasteiger partial charge < -0.3 is 20.9 Å². The van der Waals surface area contributed by atoms with Crippen molar-refractivity contribution in [3.05, 3.63) is 108 Å². The van der Waals surface area contributed by atoms with Crippen molar-refractivity contribution in [2.45, 2.75) is 19.3 Å². The van der Waals surface area contributed by atoms with Crippen LogP contribution in [-0.2, 0) is 6.42 Å². The monoisotopic (exact) mass is 410 g/mol. The highest BCUT2D eigenvalue weighted by atomic mass is 16.5. The topological polar surface area (TPSA) is 70.5 Å². The molecule has 4 rings (SSSR count). The lowest BCUT2D eigenvalue weighted by Gasteiger charge is -2.15. The third-order valence-electron chi connectivity index (χ3n) is 5.06. The Balaban J connectivity index is 1.45. The van der Waals surface area contributed by atoms with Gasteiger partial charge >= 0.3 is 0 Å². The highest BCUT2D eigenvalue weighted by Gasteiger charge is 2.10. The first-order chi connectivity index (χ1) is 15.0. The molecule has 0 aliphatic carbocycles. The quantitative estimate of drug-likeness (QED) is 0.329. The number of benzene rings is 4. The third kappa shape index (κ3) is 5.58. The average Bonchev–Trinajstić information content (AvgIpc) is 2.74. The minimum atomic E-state index is 0.312. The van der Waals surface area contributed by atoms with E-state index in [0.29, 0.717) is 17.3 Å². The molecule has 0 aliphatic rings. The lowest BCUT2D eigenvalue weighted by atomic mass is 9.93. The molecule has 1 unspecified atom stereocenters. The fourth-order valence-corrected chi connectivity index (χ4v) is 3.52. The first-order valence-corrected chi connectivity index (χ1v) is 10.3. The van der Waals surface area contributed by atoms with Gasteiger partial charge in [-0.2, -0.15) is 0 Å². The molecule has 4 aromatic rings. The molecule has 0 saturated heterocycles. The Labute approximate surface area is 183 Å². The van der Waals surface area contributed by atoms with Crippen LogP contribution in [0.2, 0.25) is 0 Å². The van der Waals surface area contributed by atoms with Gasteiger partial charge in [0, 0.05) is 23.5 Å². The van der Waals surface area contributed by atoms with E-state index in [4.69, 9.17) is 20.9 Å². The molecule has 4 heteroatoms. The Bertz CT molecular complexity index is 1170. The SMILES string of the molecule is CC(Cc1cccc(Oc2cccc(N)c2)c1)c1cccc(Oc2cccc(N)c2)c1. The Morgan fingerprint density at radius 3 is 1.68 bits per heavy atom. The van der Waals surface area contributed by atoms with E-state index in [1.807, 2.05) is 72.8 Å². The summed E-state index contributed by atoms with van der Waals surface area (Å²) >= 11 is 0. The smallest absolute Gasteiger partial charge is 0.129 e. The highest BCUT2D eigenvalue weighted by Crippen LogP contribution is 2.29. The predicted molar refractivity (Wildman–Crippen MR) is 127 cm³/mol. The lowest BCUT2D eigenvalue weighted by molar-refractivity contribution is 0.480. The molecule has 31 heavy (non-hydrogen) atoms. The van der Waals surface area contributed by atoms with E-state index in [0.717, 1.165) is 29.4 Å². The van der Waals surface area contributed by atoms with E-state index in [1.54, 1.807) is 0 Å². The Hall–Kier alpha value is -3.92. The molecular formula is C27H26N2O2. The predicted octanol–water partition coefficient (Wildman–Crippen LogP) is 6.78. The van der Waals surface area contributed by atoms with Crippen LogP contribution in [0.4, 0.5) is 11.4 Å². The van der Waals surface area contributed by atoms with E-state index < -0.39 is 0 Å². The molecule has 4 N–H and O–H groups in total. The van der Waals surface area contributed by atoms with Gasteiger partial charge in [-0.05, 0) is 72.0 Å². The third-order valence-corrected chi connectivity index (χ3v) is 5.06. The zero-order valence-corrected chi connectivity index (χ0v) is 17.5. The maximum Gasteiger partial charge on any atom is 0.129 e. The van der Waals surface area contributed by atoms with E-state index in [9.17, 15) is 0 Å². The minimum Gasteiger partial charge on any atom is -0.457 e. The summed E-state index contributed by atoms with van der Waals surface area (Å²) in [4.78, 5) is 0. The van der Waals surface area contributed by atoms with Gasteiger partial charge in [-0.15, -0.1) is 0 Å². The van der Waals surface area contributed by atoms with Gasteiger partial charge in [-0.1, -0.05) is 43.3 Å². The standard InChI is InChI=1S/C27H26N2O2/c1-19(21-7-3-11-25(16-21)31-27-13-5-9-23(29)18-27)14-20-6-2-10-24(15-20)30-26-12-4-8-22(28)17-26/h2-13,15-19H,14,28-29H2,1H3. The van der Waals surface area contributed by atoms with Crippen LogP contribution in [0.25, 0.3) is 0 Å². The summed E-state index contributed by atoms with van der Waals surface area (Å²) in [6.07, 6.45) is 0.885. The lowest BCUT2D eigenvalue weighted by Crippen LogP contribution is -1.99. The molecular weight excluding hydrogens is 384 g/mol. The summed E-state index contributed by atoms with van der Waals surface area (Å²) in [5, 5.41) is 0. The first-order valence-electron chi connectivity index (χ1n) is 10.3. The number of nitrogen functional groups attached to an aromatic ring is 2. The van der Waals surface area contributed by atoms with E-state index >= 15 is 0 Å². The van der Waals surface area contributed by atoms with Crippen LogP contribution in [0.15, 0.2) is 97.1 Å². The number of hydrogen-bond acceptors (Lipinski definition) is 4. The Morgan fingerprint density at radius 1 is 0.613 bits per heavy atom. The second-order valence-corrected chi connectivity index (χ2v) is 7.67.